The first-order chi connectivity index (χ1) is 16.0. The molecule has 3 aromatic carbocycles. The molecular formula is C24H21ClN5O2S+. The number of halogens is 1. The molecule has 2 heterocycles. The Hall–Kier alpha value is -3.33. The van der Waals surface area contributed by atoms with Gasteiger partial charge in [-0.25, -0.2) is 18.7 Å². The van der Waals surface area contributed by atoms with Gasteiger partial charge in [-0.2, -0.15) is 4.57 Å². The Morgan fingerprint density at radius 2 is 1.67 bits per heavy atom. The summed E-state index contributed by atoms with van der Waals surface area (Å²) in [5, 5.41) is 0.472. The van der Waals surface area contributed by atoms with Gasteiger partial charge in [0.25, 0.3) is 12.1 Å². The van der Waals surface area contributed by atoms with E-state index in [1.807, 2.05) is 53.4 Å². The zero-order chi connectivity index (χ0) is 23.0. The quantitative estimate of drug-likeness (QED) is 0.335. The zero-order valence-electron chi connectivity index (χ0n) is 17.8. The monoisotopic (exact) mass is 478 g/mol. The van der Waals surface area contributed by atoms with Crippen LogP contribution in [0.25, 0.3) is 27.9 Å². The highest BCUT2D eigenvalue weighted by Crippen LogP contribution is 2.28. The Kier molecular flexibility index (Phi) is 5.57. The highest BCUT2D eigenvalue weighted by Gasteiger charge is 2.23. The first-order valence-electron chi connectivity index (χ1n) is 10.5. The number of imidazole rings is 1. The molecule has 0 fully saturated rings. The van der Waals surface area contributed by atoms with Crippen molar-refractivity contribution < 1.29 is 13.3 Å². The summed E-state index contributed by atoms with van der Waals surface area (Å²) < 4.78 is 32.3. The van der Waals surface area contributed by atoms with Gasteiger partial charge in [-0.15, -0.1) is 4.36 Å². The highest BCUT2D eigenvalue weighted by molar-refractivity contribution is 7.88. The number of rotatable bonds is 5. The van der Waals surface area contributed by atoms with Crippen LogP contribution in [0.1, 0.15) is 13.3 Å². The first-order valence-corrected chi connectivity index (χ1v) is 12.3. The van der Waals surface area contributed by atoms with Crippen molar-refractivity contribution in [1.29, 1.82) is 0 Å². The summed E-state index contributed by atoms with van der Waals surface area (Å²) >= 11 is 5.94. The van der Waals surface area contributed by atoms with E-state index in [0.29, 0.717) is 21.9 Å². The van der Waals surface area contributed by atoms with Gasteiger partial charge in [0.15, 0.2) is 21.0 Å². The van der Waals surface area contributed by atoms with Crippen molar-refractivity contribution in [3.63, 3.8) is 0 Å². The van der Waals surface area contributed by atoms with Crippen LogP contribution in [0.2, 0.25) is 5.02 Å². The van der Waals surface area contributed by atoms with Crippen LogP contribution in [0.5, 0.6) is 0 Å². The van der Waals surface area contributed by atoms with Gasteiger partial charge in [0.1, 0.15) is 0 Å². The highest BCUT2D eigenvalue weighted by atomic mass is 35.5. The van der Waals surface area contributed by atoms with Crippen LogP contribution < -0.4 is 4.57 Å². The fourth-order valence-corrected chi connectivity index (χ4v) is 4.83. The van der Waals surface area contributed by atoms with E-state index in [2.05, 4.69) is 20.8 Å². The molecule has 1 atom stereocenters. The summed E-state index contributed by atoms with van der Waals surface area (Å²) in [5.41, 5.74) is 3.19. The Morgan fingerprint density at radius 3 is 2.39 bits per heavy atom. The van der Waals surface area contributed by atoms with Crippen molar-refractivity contribution in [1.82, 2.24) is 14.5 Å². The Morgan fingerprint density at radius 1 is 1.00 bits per heavy atom. The lowest BCUT2D eigenvalue weighted by atomic mass is 10.3. The van der Waals surface area contributed by atoms with Crippen LogP contribution in [0, 0.1) is 0 Å². The fourth-order valence-electron chi connectivity index (χ4n) is 3.75. The topological polar surface area (TPSA) is 84.3 Å². The van der Waals surface area contributed by atoms with E-state index in [1.54, 1.807) is 18.2 Å². The molecule has 0 aliphatic rings. The van der Waals surface area contributed by atoms with Crippen molar-refractivity contribution in [2.45, 2.75) is 24.8 Å². The van der Waals surface area contributed by atoms with Crippen LogP contribution in [0.15, 0.2) is 88.4 Å². The second-order valence-corrected chi connectivity index (χ2v) is 9.65. The van der Waals surface area contributed by atoms with Gasteiger partial charge in [-0.3, -0.25) is 4.55 Å². The van der Waals surface area contributed by atoms with Crippen LogP contribution in [-0.4, -0.2) is 23.3 Å². The third-order valence-electron chi connectivity index (χ3n) is 5.26. The Balaban J connectivity index is 1.80. The third-order valence-corrected chi connectivity index (χ3v) is 6.82. The lowest BCUT2D eigenvalue weighted by Crippen LogP contribution is -2.31. The third kappa shape index (κ3) is 4.08. The van der Waals surface area contributed by atoms with E-state index in [0.717, 1.165) is 24.0 Å². The maximum absolute atomic E-state index is 13.2. The summed E-state index contributed by atoms with van der Waals surface area (Å²) in [6, 6.07) is 21.4. The molecule has 0 aliphatic carbocycles. The van der Waals surface area contributed by atoms with Crippen molar-refractivity contribution >= 4 is 49.5 Å². The minimum Gasteiger partial charge on any atom is -0.296 e. The molecule has 9 heteroatoms. The van der Waals surface area contributed by atoms with Crippen molar-refractivity contribution in [3.05, 3.63) is 84.1 Å². The number of fused-ring (bicyclic) bond motifs is 2. The van der Waals surface area contributed by atoms with E-state index in [9.17, 15) is 8.76 Å². The van der Waals surface area contributed by atoms with E-state index in [1.165, 1.54) is 12.1 Å². The van der Waals surface area contributed by atoms with Gasteiger partial charge in [-0.05, 0) is 55.0 Å². The van der Waals surface area contributed by atoms with E-state index in [-0.39, 0.29) is 10.7 Å². The van der Waals surface area contributed by atoms with E-state index >= 15 is 0 Å². The molecule has 0 saturated carbocycles. The van der Waals surface area contributed by atoms with Crippen LogP contribution >= 0.6 is 11.6 Å². The predicted octanol–water partition coefficient (Wildman–Crippen LogP) is 5.56. The second kappa shape index (κ2) is 8.55. The molecule has 1 unspecified atom stereocenters. The summed E-state index contributed by atoms with van der Waals surface area (Å²) in [7, 11) is -3.79. The molecule has 0 aliphatic heterocycles. The fraction of sp³-hybridized carbons (Fsp3) is 0.125. The Bertz CT molecular complexity index is 1610. The van der Waals surface area contributed by atoms with Crippen molar-refractivity contribution in [3.8, 4) is 5.82 Å². The minimum atomic E-state index is -3.79. The lowest BCUT2D eigenvalue weighted by molar-refractivity contribution is -0.671. The standard InChI is InChI=1S/C24H20ClN5O2S/c1-2-15-29-16-30(22-10-6-5-9-21(22)29)24-23(26-19-7-3-4-8-20(19)27-24)28-33(31,32)18-13-11-17(25)12-14-18/h3-14,16H,2,15H2,1H3/p+1. The van der Waals surface area contributed by atoms with Crippen molar-refractivity contribution in [2.75, 3.05) is 0 Å². The number of para-hydroxylation sites is 4. The van der Waals surface area contributed by atoms with Crippen LogP contribution in [-0.2, 0) is 16.6 Å². The van der Waals surface area contributed by atoms with Gasteiger partial charge in [0.2, 0.25) is 5.82 Å². The molecule has 0 amide bonds. The molecular weight excluding hydrogens is 458 g/mol. The summed E-state index contributed by atoms with van der Waals surface area (Å²) in [4.78, 5) is 9.56. The van der Waals surface area contributed by atoms with Crippen LogP contribution in [0.3, 0.4) is 0 Å². The maximum Gasteiger partial charge on any atom is 0.273 e. The van der Waals surface area contributed by atoms with Gasteiger partial charge >= 0.3 is 0 Å². The average Bonchev–Trinajstić information content (AvgIpc) is 3.17. The molecule has 0 saturated heterocycles. The summed E-state index contributed by atoms with van der Waals surface area (Å²) in [6.45, 7) is 2.94. The van der Waals surface area contributed by atoms with Gasteiger partial charge in [0.05, 0.1) is 22.5 Å². The number of hydrogen-bond acceptors (Lipinski definition) is 4. The van der Waals surface area contributed by atoms with E-state index in [4.69, 9.17) is 16.6 Å². The molecule has 5 rings (SSSR count). The molecule has 5 aromatic rings. The van der Waals surface area contributed by atoms with Gasteiger partial charge < -0.3 is 0 Å². The number of nitrogens with zero attached hydrogens (tertiary/aromatic N) is 5. The molecule has 1 N–H and O–H groups in total. The predicted molar refractivity (Wildman–Crippen MR) is 129 cm³/mol. The van der Waals surface area contributed by atoms with E-state index < -0.39 is 10.0 Å². The molecule has 166 valence electrons. The second-order valence-electron chi connectivity index (χ2n) is 7.57. The minimum absolute atomic E-state index is 0.0838. The largest absolute Gasteiger partial charge is 0.296 e. The number of aryl methyl sites for hydroxylation is 1. The molecule has 0 bridgehead atoms. The molecule has 7 nitrogen and oxygen atoms in total. The maximum atomic E-state index is 13.2. The molecule has 2 aromatic heterocycles. The molecule has 0 spiro atoms. The van der Waals surface area contributed by atoms with Gasteiger partial charge in [0, 0.05) is 5.02 Å². The SMILES string of the molecule is CCC[n+]1cn(-c2nc3ccccc3nc2N=S(=O)(O)c2ccc(Cl)cc2)c2ccccc21. The average molecular weight is 479 g/mol. The number of aromatic nitrogens is 4. The normalized spacial score (nSPS) is 13.3. The lowest BCUT2D eigenvalue weighted by Gasteiger charge is -2.06. The summed E-state index contributed by atoms with van der Waals surface area (Å²) in [5.74, 6) is 0.469. The number of hydrogen-bond donors (Lipinski definition) is 1. The summed E-state index contributed by atoms with van der Waals surface area (Å²) in [6.07, 6.45) is 2.90. The smallest absolute Gasteiger partial charge is 0.273 e. The van der Waals surface area contributed by atoms with Crippen LogP contribution in [0.4, 0.5) is 5.82 Å². The first kappa shape index (κ1) is 21.5. The molecule has 33 heavy (non-hydrogen) atoms. The van der Waals surface area contributed by atoms with Gasteiger partial charge in [-0.1, -0.05) is 42.8 Å². The molecule has 0 radical (unpaired) electrons. The number of benzene rings is 3. The zero-order valence-corrected chi connectivity index (χ0v) is 19.4. The Labute approximate surface area is 196 Å². The van der Waals surface area contributed by atoms with Crippen molar-refractivity contribution in [2.24, 2.45) is 4.36 Å².